The molecule has 2 rings (SSSR count). The Hall–Kier alpha value is -0.830. The monoisotopic (exact) mass is 407 g/mol. The van der Waals surface area contributed by atoms with Gasteiger partial charge in [0, 0.05) is 38.6 Å². The Morgan fingerprint density at radius 1 is 1.48 bits per heavy atom. The van der Waals surface area contributed by atoms with E-state index in [1.165, 1.54) is 0 Å². The highest BCUT2D eigenvalue weighted by Crippen LogP contribution is 2.11. The number of halogens is 1. The molecule has 1 aromatic rings. The van der Waals surface area contributed by atoms with Crippen molar-refractivity contribution in [2.45, 2.75) is 38.8 Å². The fraction of sp³-hybridized carbons (Fsp3) is 0.714. The quantitative estimate of drug-likeness (QED) is 0.312. The lowest BCUT2D eigenvalue weighted by Crippen LogP contribution is -2.38. The third kappa shape index (κ3) is 7.12. The first-order chi connectivity index (χ1) is 9.88. The smallest absolute Gasteiger partial charge is 0.191 e. The van der Waals surface area contributed by atoms with Crippen molar-refractivity contribution in [3.63, 3.8) is 0 Å². The maximum absolute atomic E-state index is 5.58. The summed E-state index contributed by atoms with van der Waals surface area (Å²) >= 11 is 0. The van der Waals surface area contributed by atoms with Gasteiger partial charge in [-0.25, -0.2) is 0 Å². The predicted octanol–water partition coefficient (Wildman–Crippen LogP) is 1.63. The Labute approximate surface area is 143 Å². The SMILES string of the molecule is CCNC(=NCC1CCCO1)NCCCn1cccn1.I. The molecule has 120 valence electrons. The molecular weight excluding hydrogens is 381 g/mol. The molecule has 1 aliphatic heterocycles. The van der Waals surface area contributed by atoms with Gasteiger partial charge in [-0.1, -0.05) is 0 Å². The van der Waals surface area contributed by atoms with Crippen LogP contribution in [0.5, 0.6) is 0 Å². The summed E-state index contributed by atoms with van der Waals surface area (Å²) < 4.78 is 7.52. The summed E-state index contributed by atoms with van der Waals surface area (Å²) in [5.41, 5.74) is 0. The second kappa shape index (κ2) is 10.8. The molecule has 0 saturated carbocycles. The van der Waals surface area contributed by atoms with E-state index in [1.54, 1.807) is 6.20 Å². The van der Waals surface area contributed by atoms with Gasteiger partial charge in [-0.3, -0.25) is 9.67 Å². The molecule has 7 heteroatoms. The van der Waals surface area contributed by atoms with Crippen LogP contribution in [-0.4, -0.2) is 48.1 Å². The van der Waals surface area contributed by atoms with Crippen LogP contribution in [-0.2, 0) is 11.3 Å². The number of aromatic nitrogens is 2. The van der Waals surface area contributed by atoms with Crippen LogP contribution < -0.4 is 10.6 Å². The summed E-state index contributed by atoms with van der Waals surface area (Å²) in [6.45, 7) is 6.38. The first-order valence-electron chi connectivity index (χ1n) is 7.49. The van der Waals surface area contributed by atoms with Crippen LogP contribution in [0.4, 0.5) is 0 Å². The summed E-state index contributed by atoms with van der Waals surface area (Å²) in [7, 11) is 0. The summed E-state index contributed by atoms with van der Waals surface area (Å²) in [5.74, 6) is 0.878. The van der Waals surface area contributed by atoms with Crippen molar-refractivity contribution < 1.29 is 4.74 Å². The Kier molecular flexibility index (Phi) is 9.40. The molecule has 0 amide bonds. The van der Waals surface area contributed by atoms with Gasteiger partial charge in [0.25, 0.3) is 0 Å². The van der Waals surface area contributed by atoms with Crippen LogP contribution in [0.2, 0.25) is 0 Å². The minimum atomic E-state index is 0. The van der Waals surface area contributed by atoms with Crippen LogP contribution in [0, 0.1) is 0 Å². The van der Waals surface area contributed by atoms with E-state index in [-0.39, 0.29) is 24.0 Å². The van der Waals surface area contributed by atoms with E-state index in [4.69, 9.17) is 4.74 Å². The summed E-state index contributed by atoms with van der Waals surface area (Å²) in [5, 5.41) is 10.8. The van der Waals surface area contributed by atoms with Crippen molar-refractivity contribution in [3.05, 3.63) is 18.5 Å². The van der Waals surface area contributed by atoms with Crippen LogP contribution in [0.15, 0.2) is 23.5 Å². The average molecular weight is 407 g/mol. The lowest BCUT2D eigenvalue weighted by Gasteiger charge is -2.12. The minimum absolute atomic E-state index is 0. The Balaban J connectivity index is 0.00000220. The number of nitrogens with one attached hydrogen (secondary N) is 2. The maximum Gasteiger partial charge on any atom is 0.191 e. The fourth-order valence-corrected chi connectivity index (χ4v) is 2.20. The molecule has 6 nitrogen and oxygen atoms in total. The van der Waals surface area contributed by atoms with Gasteiger partial charge < -0.3 is 15.4 Å². The van der Waals surface area contributed by atoms with Gasteiger partial charge in [-0.2, -0.15) is 5.10 Å². The minimum Gasteiger partial charge on any atom is -0.376 e. The highest BCUT2D eigenvalue weighted by Gasteiger charge is 2.14. The number of guanidine groups is 1. The van der Waals surface area contributed by atoms with Crippen LogP contribution in [0.3, 0.4) is 0 Å². The third-order valence-corrected chi connectivity index (χ3v) is 3.24. The lowest BCUT2D eigenvalue weighted by atomic mass is 10.2. The molecule has 1 atom stereocenters. The summed E-state index contributed by atoms with van der Waals surface area (Å²) in [6.07, 6.45) is 7.40. The molecule has 1 saturated heterocycles. The van der Waals surface area contributed by atoms with Crippen LogP contribution in [0.1, 0.15) is 26.2 Å². The third-order valence-electron chi connectivity index (χ3n) is 3.24. The fourth-order valence-electron chi connectivity index (χ4n) is 2.20. The highest BCUT2D eigenvalue weighted by atomic mass is 127. The number of ether oxygens (including phenoxy) is 1. The molecule has 2 heterocycles. The molecule has 1 fully saturated rings. The van der Waals surface area contributed by atoms with Crippen molar-refractivity contribution in [1.29, 1.82) is 0 Å². The molecule has 0 spiro atoms. The average Bonchev–Trinajstić information content (AvgIpc) is 3.13. The molecule has 21 heavy (non-hydrogen) atoms. The van der Waals surface area contributed by atoms with Crippen molar-refractivity contribution in [1.82, 2.24) is 20.4 Å². The number of aryl methyl sites for hydroxylation is 1. The molecule has 2 N–H and O–H groups in total. The molecule has 1 aromatic heterocycles. The molecule has 0 bridgehead atoms. The van der Waals surface area contributed by atoms with E-state index in [2.05, 4.69) is 27.6 Å². The van der Waals surface area contributed by atoms with Crippen molar-refractivity contribution >= 4 is 29.9 Å². The van der Waals surface area contributed by atoms with Crippen molar-refractivity contribution in [3.8, 4) is 0 Å². The van der Waals surface area contributed by atoms with Crippen LogP contribution >= 0.6 is 24.0 Å². The van der Waals surface area contributed by atoms with Gasteiger partial charge >= 0.3 is 0 Å². The topological polar surface area (TPSA) is 63.5 Å². The van der Waals surface area contributed by atoms with Gasteiger partial charge in [-0.05, 0) is 32.3 Å². The Morgan fingerprint density at radius 3 is 3.05 bits per heavy atom. The second-order valence-corrected chi connectivity index (χ2v) is 4.90. The van der Waals surface area contributed by atoms with E-state index >= 15 is 0 Å². The first-order valence-corrected chi connectivity index (χ1v) is 7.49. The molecule has 1 aliphatic rings. The number of hydrogen-bond acceptors (Lipinski definition) is 3. The van der Waals surface area contributed by atoms with Crippen molar-refractivity contribution in [2.75, 3.05) is 26.2 Å². The van der Waals surface area contributed by atoms with E-state index in [9.17, 15) is 0 Å². The van der Waals surface area contributed by atoms with Gasteiger partial charge in [-0.15, -0.1) is 24.0 Å². The largest absolute Gasteiger partial charge is 0.376 e. The summed E-state index contributed by atoms with van der Waals surface area (Å²) in [4.78, 5) is 4.58. The standard InChI is InChI=1S/C14H25N5O.HI/c1-2-15-14(17-12-13-6-3-11-20-13)16-7-4-9-19-10-5-8-18-19;/h5,8,10,13H,2-4,6-7,9,11-12H2,1H3,(H2,15,16,17);1H. The summed E-state index contributed by atoms with van der Waals surface area (Å²) in [6, 6.07) is 1.94. The number of aliphatic imine (C=N–C) groups is 1. The highest BCUT2D eigenvalue weighted by molar-refractivity contribution is 14.0. The number of nitrogens with zero attached hydrogens (tertiary/aromatic N) is 3. The second-order valence-electron chi connectivity index (χ2n) is 4.90. The zero-order valence-corrected chi connectivity index (χ0v) is 15.0. The van der Waals surface area contributed by atoms with E-state index in [0.29, 0.717) is 6.10 Å². The Bertz CT molecular complexity index is 390. The van der Waals surface area contributed by atoms with E-state index in [0.717, 1.165) is 58.0 Å². The predicted molar refractivity (Wildman–Crippen MR) is 95.2 cm³/mol. The van der Waals surface area contributed by atoms with Gasteiger partial charge in [0.1, 0.15) is 0 Å². The van der Waals surface area contributed by atoms with E-state index in [1.807, 2.05) is 16.9 Å². The molecular formula is C14H26IN5O. The number of hydrogen-bond donors (Lipinski definition) is 2. The normalized spacial score (nSPS) is 18.3. The molecule has 0 aliphatic carbocycles. The Morgan fingerprint density at radius 2 is 2.38 bits per heavy atom. The first kappa shape index (κ1) is 18.2. The van der Waals surface area contributed by atoms with Crippen molar-refractivity contribution in [2.24, 2.45) is 4.99 Å². The lowest BCUT2D eigenvalue weighted by molar-refractivity contribution is 0.117. The van der Waals surface area contributed by atoms with Gasteiger partial charge in [0.05, 0.1) is 12.6 Å². The van der Waals surface area contributed by atoms with Crippen LogP contribution in [0.25, 0.3) is 0 Å². The van der Waals surface area contributed by atoms with Gasteiger partial charge in [0.15, 0.2) is 5.96 Å². The van der Waals surface area contributed by atoms with E-state index < -0.39 is 0 Å². The number of rotatable bonds is 7. The zero-order valence-electron chi connectivity index (χ0n) is 12.6. The zero-order chi connectivity index (χ0) is 14.0. The molecule has 1 unspecified atom stereocenters. The molecule has 0 radical (unpaired) electrons. The maximum atomic E-state index is 5.58. The van der Waals surface area contributed by atoms with Gasteiger partial charge in [0.2, 0.25) is 0 Å². The molecule has 0 aromatic carbocycles.